The second-order valence-corrected chi connectivity index (χ2v) is 6.33. The average Bonchev–Trinajstić information content (AvgIpc) is 3.18. The van der Waals surface area contributed by atoms with Gasteiger partial charge in [-0.05, 0) is 44.0 Å². The zero-order chi connectivity index (χ0) is 16.5. The van der Waals surface area contributed by atoms with Gasteiger partial charge in [0.2, 0.25) is 0 Å². The molecule has 0 radical (unpaired) electrons. The molecule has 5 nitrogen and oxygen atoms in total. The molecular weight excluding hydrogens is 304 g/mol. The summed E-state index contributed by atoms with van der Waals surface area (Å²) < 4.78 is 11.3. The summed E-state index contributed by atoms with van der Waals surface area (Å²) in [6, 6.07) is 9.28. The summed E-state index contributed by atoms with van der Waals surface area (Å²) in [6.45, 7) is 2.64. The van der Waals surface area contributed by atoms with Gasteiger partial charge in [-0.25, -0.2) is 4.98 Å². The van der Waals surface area contributed by atoms with Crippen molar-refractivity contribution in [1.29, 1.82) is 0 Å². The Kier molecular flexibility index (Phi) is 3.84. The maximum atomic E-state index is 13.1. The van der Waals surface area contributed by atoms with Crippen LogP contribution in [-0.4, -0.2) is 22.3 Å². The first-order valence-electron chi connectivity index (χ1n) is 8.44. The van der Waals surface area contributed by atoms with Gasteiger partial charge in [0, 0.05) is 18.3 Å². The van der Waals surface area contributed by atoms with Gasteiger partial charge in [0.1, 0.15) is 11.3 Å². The van der Waals surface area contributed by atoms with Gasteiger partial charge in [-0.3, -0.25) is 4.79 Å². The Labute approximate surface area is 140 Å². The van der Waals surface area contributed by atoms with Crippen LogP contribution < -0.4 is 0 Å². The number of pyridine rings is 1. The quantitative estimate of drug-likeness (QED) is 0.697. The van der Waals surface area contributed by atoms with Crippen molar-refractivity contribution in [1.82, 2.24) is 9.88 Å². The molecule has 1 amide bonds. The van der Waals surface area contributed by atoms with Crippen molar-refractivity contribution in [3.63, 3.8) is 0 Å². The fourth-order valence-corrected chi connectivity index (χ4v) is 3.40. The summed E-state index contributed by atoms with van der Waals surface area (Å²) in [4.78, 5) is 19.4. The lowest BCUT2D eigenvalue weighted by Crippen LogP contribution is -2.34. The third kappa shape index (κ3) is 2.70. The second kappa shape index (κ2) is 6.15. The first kappa shape index (κ1) is 15.0. The van der Waals surface area contributed by atoms with Crippen molar-refractivity contribution in [2.24, 2.45) is 0 Å². The molecule has 3 aromatic rings. The number of nitrogens with zero attached hydrogens (tertiary/aromatic N) is 2. The van der Waals surface area contributed by atoms with Gasteiger partial charge >= 0.3 is 0 Å². The smallest absolute Gasteiger partial charge is 0.290 e. The molecule has 0 saturated carbocycles. The first-order valence-corrected chi connectivity index (χ1v) is 8.44. The number of aromatic nitrogens is 1. The van der Waals surface area contributed by atoms with E-state index < -0.39 is 0 Å². The molecule has 24 heavy (non-hydrogen) atoms. The number of furan rings is 2. The molecule has 0 N–H and O–H groups in total. The molecule has 1 fully saturated rings. The maximum Gasteiger partial charge on any atom is 0.290 e. The highest BCUT2D eigenvalue weighted by Crippen LogP contribution is 2.32. The summed E-state index contributed by atoms with van der Waals surface area (Å²) in [5.41, 5.74) is 2.28. The fourth-order valence-electron chi connectivity index (χ4n) is 3.40. The van der Waals surface area contributed by atoms with Crippen molar-refractivity contribution in [3.8, 4) is 0 Å². The number of rotatable bonds is 2. The summed E-state index contributed by atoms with van der Waals surface area (Å²) in [5.74, 6) is 1.10. The number of carbonyl (C=O) groups is 1. The lowest BCUT2D eigenvalue weighted by atomic mass is 10.1. The Balaban J connectivity index is 1.69. The molecule has 1 atom stereocenters. The predicted octanol–water partition coefficient (Wildman–Crippen LogP) is 4.49. The van der Waals surface area contributed by atoms with E-state index in [9.17, 15) is 4.79 Å². The Morgan fingerprint density at radius 2 is 2.17 bits per heavy atom. The highest BCUT2D eigenvalue weighted by molar-refractivity contribution is 5.95. The van der Waals surface area contributed by atoms with Crippen LogP contribution in [0.4, 0.5) is 0 Å². The van der Waals surface area contributed by atoms with Crippen molar-refractivity contribution >= 4 is 17.0 Å². The molecule has 3 aromatic heterocycles. The van der Waals surface area contributed by atoms with E-state index in [1.54, 1.807) is 12.3 Å². The predicted molar refractivity (Wildman–Crippen MR) is 89.7 cm³/mol. The van der Waals surface area contributed by atoms with Crippen LogP contribution in [0.1, 0.15) is 53.7 Å². The largest absolute Gasteiger partial charge is 0.467 e. The van der Waals surface area contributed by atoms with Crippen LogP contribution in [0.2, 0.25) is 0 Å². The van der Waals surface area contributed by atoms with Crippen molar-refractivity contribution in [2.45, 2.75) is 38.6 Å². The number of likely N-dealkylation sites (tertiary alicyclic amines) is 1. The summed E-state index contributed by atoms with van der Waals surface area (Å²) in [5, 5.41) is 0. The zero-order valence-corrected chi connectivity index (χ0v) is 13.7. The highest BCUT2D eigenvalue weighted by Gasteiger charge is 2.31. The molecule has 4 heterocycles. The van der Waals surface area contributed by atoms with E-state index in [1.807, 2.05) is 36.1 Å². The Hall–Kier alpha value is -2.56. The summed E-state index contributed by atoms with van der Waals surface area (Å²) in [7, 11) is 0. The lowest BCUT2D eigenvalue weighted by Gasteiger charge is -2.27. The lowest BCUT2D eigenvalue weighted by molar-refractivity contribution is 0.0628. The van der Waals surface area contributed by atoms with Gasteiger partial charge < -0.3 is 13.7 Å². The summed E-state index contributed by atoms with van der Waals surface area (Å²) in [6.07, 6.45) is 5.80. The molecule has 0 spiro atoms. The Bertz CT molecular complexity index is 851. The molecule has 0 aliphatic carbocycles. The highest BCUT2D eigenvalue weighted by atomic mass is 16.3. The van der Waals surface area contributed by atoms with Gasteiger partial charge in [0.05, 0.1) is 12.3 Å². The second-order valence-electron chi connectivity index (χ2n) is 6.33. The van der Waals surface area contributed by atoms with Crippen LogP contribution in [0.5, 0.6) is 0 Å². The van der Waals surface area contributed by atoms with Gasteiger partial charge in [-0.15, -0.1) is 0 Å². The minimum absolute atomic E-state index is 0.0297. The van der Waals surface area contributed by atoms with Crippen LogP contribution in [0, 0.1) is 6.92 Å². The van der Waals surface area contributed by atoms with Crippen LogP contribution in [0.25, 0.3) is 11.1 Å². The van der Waals surface area contributed by atoms with E-state index in [1.165, 1.54) is 0 Å². The molecule has 1 unspecified atom stereocenters. The van der Waals surface area contributed by atoms with Crippen LogP contribution in [-0.2, 0) is 0 Å². The van der Waals surface area contributed by atoms with Gasteiger partial charge in [0.15, 0.2) is 11.3 Å². The van der Waals surface area contributed by atoms with E-state index in [-0.39, 0.29) is 11.9 Å². The molecule has 1 aliphatic rings. The molecule has 0 bridgehead atoms. The standard InChI is InChI=1S/C19H20N2O3/c1-13-8-9-16-14(20-13)12-18(24-16)19(22)21-10-4-2-3-6-15(21)17-7-5-11-23-17/h5,7-9,11-12,15H,2-4,6,10H2,1H3. The number of aryl methyl sites for hydroxylation is 1. The fraction of sp³-hybridized carbons (Fsp3) is 0.368. The van der Waals surface area contributed by atoms with E-state index in [0.717, 1.165) is 42.7 Å². The number of carbonyl (C=O) groups excluding carboxylic acids is 1. The van der Waals surface area contributed by atoms with Crippen LogP contribution in [0.3, 0.4) is 0 Å². The molecule has 1 saturated heterocycles. The van der Waals surface area contributed by atoms with E-state index in [2.05, 4.69) is 4.98 Å². The molecule has 4 rings (SSSR count). The minimum Gasteiger partial charge on any atom is -0.467 e. The van der Waals surface area contributed by atoms with Gasteiger partial charge in [-0.2, -0.15) is 0 Å². The topological polar surface area (TPSA) is 59.5 Å². The number of fused-ring (bicyclic) bond motifs is 1. The molecule has 124 valence electrons. The molecule has 0 aromatic carbocycles. The van der Waals surface area contributed by atoms with E-state index >= 15 is 0 Å². The maximum absolute atomic E-state index is 13.1. The van der Waals surface area contributed by atoms with E-state index in [4.69, 9.17) is 8.83 Å². The minimum atomic E-state index is -0.0889. The van der Waals surface area contributed by atoms with Crippen LogP contribution in [0.15, 0.2) is 45.4 Å². The number of amides is 1. The van der Waals surface area contributed by atoms with Crippen molar-refractivity contribution < 1.29 is 13.6 Å². The number of hydrogen-bond acceptors (Lipinski definition) is 4. The third-order valence-corrected chi connectivity index (χ3v) is 4.61. The van der Waals surface area contributed by atoms with Gasteiger partial charge in [0.25, 0.3) is 5.91 Å². The van der Waals surface area contributed by atoms with Gasteiger partial charge in [-0.1, -0.05) is 12.8 Å². The van der Waals surface area contributed by atoms with Crippen molar-refractivity contribution in [3.05, 3.63) is 53.8 Å². The van der Waals surface area contributed by atoms with Crippen molar-refractivity contribution in [2.75, 3.05) is 6.54 Å². The molecule has 1 aliphatic heterocycles. The molecular formula is C19H20N2O3. The summed E-state index contributed by atoms with van der Waals surface area (Å²) >= 11 is 0. The SMILES string of the molecule is Cc1ccc2oc(C(=O)N3CCCCCC3c3ccco3)cc2n1. The van der Waals surface area contributed by atoms with E-state index in [0.29, 0.717) is 17.9 Å². The normalized spacial score (nSPS) is 18.7. The third-order valence-electron chi connectivity index (χ3n) is 4.61. The average molecular weight is 324 g/mol. The van der Waals surface area contributed by atoms with Crippen LogP contribution >= 0.6 is 0 Å². The molecule has 5 heteroatoms. The Morgan fingerprint density at radius 3 is 3.00 bits per heavy atom. The monoisotopic (exact) mass is 324 g/mol. The zero-order valence-electron chi connectivity index (χ0n) is 13.7. The Morgan fingerprint density at radius 1 is 1.25 bits per heavy atom. The number of hydrogen-bond donors (Lipinski definition) is 0. The first-order chi connectivity index (χ1) is 11.7.